The van der Waals surface area contributed by atoms with Crippen molar-refractivity contribution >= 4 is 36.7 Å². The summed E-state index contributed by atoms with van der Waals surface area (Å²) in [4.78, 5) is 25.8. The molecule has 2 aromatic carbocycles. The molecule has 3 saturated heterocycles. The lowest BCUT2D eigenvalue weighted by molar-refractivity contribution is -0.106. The average Bonchev–Trinajstić information content (AvgIpc) is 3.74. The number of hydrogen-bond donors (Lipinski definition) is 2. The molecule has 0 saturated carbocycles. The van der Waals surface area contributed by atoms with Crippen molar-refractivity contribution in [3.63, 3.8) is 0 Å². The van der Waals surface area contributed by atoms with E-state index < -0.39 is 0 Å². The van der Waals surface area contributed by atoms with Gasteiger partial charge in [0.05, 0.1) is 5.55 Å². The molecule has 3 aromatic rings. The number of aliphatic imine (C=N–C) groups is 2. The van der Waals surface area contributed by atoms with Crippen molar-refractivity contribution in [1.82, 2.24) is 28.9 Å². The molecule has 0 aliphatic carbocycles. The lowest BCUT2D eigenvalue weighted by atomic mass is 10.1. The van der Waals surface area contributed by atoms with Gasteiger partial charge < -0.3 is 34.2 Å². The first kappa shape index (κ1) is 53.5. The van der Waals surface area contributed by atoms with Gasteiger partial charge in [0.15, 0.2) is 0 Å². The quantitative estimate of drug-likeness (QED) is 0.0676. The number of rotatable bonds is 11. The van der Waals surface area contributed by atoms with Crippen molar-refractivity contribution < 1.29 is 9.53 Å². The van der Waals surface area contributed by atoms with Crippen LogP contribution in [0.4, 0.5) is 0 Å². The standard InChI is InChI=1S/C8H17N3S.C8H16N2O.C8H9N.C8H10.C6H14N2.C5H7N.C2H4O/c9-8-12-10-4-7-11-5-2-1-3-6-11;1-9-7-11-8-10-5-3-2-4-6-10;1-9-7-8-5-3-2-4-6-8;1-2-8-6-4-3-5-7-8;1-7-3-5-8(2)6-4-7;1-6-4-2-3-5-6;1-2-3/h8-10H,1-7H2;1-8H2;2-7H,1H3;3-7H,2H2,1H3;3-6H2,1-2H3;2-5H,1H3;2H,1H3. The SMILES string of the molecule is C=NCOCN1CCCCC1.CC=O.CCc1ccccc1.CN1CCN(C)CC1.CN=Cc1ccccc1.Cn1cccc1.N=CSNCCN1CCCCC1. The maximum Gasteiger partial charge on any atom is 0.138 e. The van der Waals surface area contributed by atoms with Crippen LogP contribution in [0.15, 0.2) is 95.2 Å². The van der Waals surface area contributed by atoms with Gasteiger partial charge in [0.25, 0.3) is 0 Å². The molecular formula is C45H77N9O2S. The number of carbonyl (C=O) groups is 1. The zero-order valence-electron chi connectivity index (χ0n) is 36.3. The number of ether oxygens (including phenoxy) is 1. The lowest BCUT2D eigenvalue weighted by Gasteiger charge is -2.28. The smallest absolute Gasteiger partial charge is 0.138 e. The molecule has 0 amide bonds. The summed E-state index contributed by atoms with van der Waals surface area (Å²) in [5.41, 5.74) is 3.89. The van der Waals surface area contributed by atoms with Crippen molar-refractivity contribution in [2.75, 3.05) is 100 Å². The minimum absolute atomic E-state index is 0.427. The van der Waals surface area contributed by atoms with E-state index in [2.05, 4.69) is 86.3 Å². The van der Waals surface area contributed by atoms with E-state index in [0.29, 0.717) is 6.73 Å². The summed E-state index contributed by atoms with van der Waals surface area (Å²) in [5.74, 6) is 0. The Balaban J connectivity index is 0.000000658. The highest BCUT2D eigenvalue weighted by Gasteiger charge is 2.10. The van der Waals surface area contributed by atoms with Crippen LogP contribution >= 0.6 is 11.9 Å². The number of nitrogens with one attached hydrogen (secondary N) is 2. The second-order valence-electron chi connectivity index (χ2n) is 13.7. The molecule has 57 heavy (non-hydrogen) atoms. The molecule has 0 unspecified atom stereocenters. The van der Waals surface area contributed by atoms with Crippen LogP contribution < -0.4 is 4.72 Å². The van der Waals surface area contributed by atoms with Gasteiger partial charge in [-0.1, -0.05) is 80.4 Å². The number of piperidine rings is 2. The molecule has 3 fully saturated rings. The van der Waals surface area contributed by atoms with E-state index in [1.165, 1.54) is 121 Å². The number of aryl methyl sites for hydroxylation is 2. The topological polar surface area (TPSA) is 105 Å². The summed E-state index contributed by atoms with van der Waals surface area (Å²) < 4.78 is 10.3. The van der Waals surface area contributed by atoms with Crippen LogP contribution in [0.3, 0.4) is 0 Å². The number of likely N-dealkylation sites (tertiary alicyclic amines) is 2. The van der Waals surface area contributed by atoms with Crippen LogP contribution in [0.1, 0.15) is 63.5 Å². The average molecular weight is 808 g/mol. The van der Waals surface area contributed by atoms with Gasteiger partial charge in [0.2, 0.25) is 0 Å². The van der Waals surface area contributed by atoms with Crippen LogP contribution in [0.5, 0.6) is 0 Å². The van der Waals surface area contributed by atoms with E-state index in [4.69, 9.17) is 14.9 Å². The molecule has 2 N–H and O–H groups in total. The normalized spacial score (nSPS) is 15.7. The van der Waals surface area contributed by atoms with Crippen LogP contribution in [0.25, 0.3) is 0 Å². The third-order valence-electron chi connectivity index (χ3n) is 8.84. The lowest BCUT2D eigenvalue weighted by Crippen LogP contribution is -2.42. The summed E-state index contributed by atoms with van der Waals surface area (Å²) in [6, 6.07) is 24.5. The first-order valence-electron chi connectivity index (χ1n) is 20.5. The van der Waals surface area contributed by atoms with Crippen molar-refractivity contribution in [3.8, 4) is 0 Å². The summed E-state index contributed by atoms with van der Waals surface area (Å²) >= 11 is 1.36. The van der Waals surface area contributed by atoms with Gasteiger partial charge in [-0.25, -0.2) is 0 Å². The molecule has 6 rings (SSSR count). The highest BCUT2D eigenvalue weighted by atomic mass is 32.2. The van der Waals surface area contributed by atoms with E-state index in [-0.39, 0.29) is 0 Å². The summed E-state index contributed by atoms with van der Waals surface area (Å²) in [6.07, 6.45) is 15.8. The van der Waals surface area contributed by atoms with Gasteiger partial charge in [-0.05, 0) is 108 Å². The van der Waals surface area contributed by atoms with Crippen molar-refractivity contribution in [1.29, 1.82) is 5.41 Å². The minimum atomic E-state index is 0.427. The molecule has 3 aliphatic heterocycles. The van der Waals surface area contributed by atoms with Gasteiger partial charge in [0.1, 0.15) is 19.7 Å². The number of benzene rings is 2. The largest absolute Gasteiger partial charge is 0.357 e. The van der Waals surface area contributed by atoms with Gasteiger partial charge in [-0.3, -0.25) is 19.6 Å². The Kier molecular flexibility index (Phi) is 38.2. The molecule has 4 heterocycles. The summed E-state index contributed by atoms with van der Waals surface area (Å²) in [6.45, 7) is 20.0. The van der Waals surface area contributed by atoms with E-state index >= 15 is 0 Å². The molecule has 0 bridgehead atoms. The maximum atomic E-state index is 8.81. The summed E-state index contributed by atoms with van der Waals surface area (Å²) in [5, 5.41) is 6.79. The van der Waals surface area contributed by atoms with Gasteiger partial charge in [-0.2, -0.15) is 0 Å². The Morgan fingerprint density at radius 2 is 1.26 bits per heavy atom. The van der Waals surface area contributed by atoms with Gasteiger partial charge in [0, 0.05) is 85.1 Å². The van der Waals surface area contributed by atoms with E-state index in [1.807, 2.05) is 78.8 Å². The molecule has 1 aromatic heterocycles. The zero-order chi connectivity index (χ0) is 42.0. The number of piperazine rings is 1. The molecule has 0 atom stereocenters. The van der Waals surface area contributed by atoms with Crippen molar-refractivity contribution in [2.45, 2.75) is 58.8 Å². The monoisotopic (exact) mass is 808 g/mol. The predicted molar refractivity (Wildman–Crippen MR) is 248 cm³/mol. The van der Waals surface area contributed by atoms with E-state index in [1.54, 1.807) is 7.05 Å². The predicted octanol–water partition coefficient (Wildman–Crippen LogP) is 7.50. The second-order valence-corrected chi connectivity index (χ2v) is 14.5. The summed E-state index contributed by atoms with van der Waals surface area (Å²) in [7, 11) is 8.12. The van der Waals surface area contributed by atoms with Crippen LogP contribution in [0.2, 0.25) is 0 Å². The Bertz CT molecular complexity index is 1290. The molecular weight excluding hydrogens is 731 g/mol. The molecule has 3 aliphatic rings. The Hall–Kier alpha value is -3.49. The second kappa shape index (κ2) is 40.7. The number of hydrogen-bond acceptors (Lipinski definition) is 11. The fourth-order valence-electron chi connectivity index (χ4n) is 5.54. The first-order chi connectivity index (χ1) is 27.8. The van der Waals surface area contributed by atoms with Crippen LogP contribution in [-0.4, -0.2) is 149 Å². The van der Waals surface area contributed by atoms with Gasteiger partial charge in [-0.15, -0.1) is 0 Å². The molecule has 0 spiro atoms. The number of aldehydes is 1. The van der Waals surface area contributed by atoms with E-state index in [0.717, 1.165) is 38.1 Å². The number of aromatic nitrogens is 1. The molecule has 320 valence electrons. The Morgan fingerprint density at radius 3 is 1.67 bits per heavy atom. The van der Waals surface area contributed by atoms with Crippen LogP contribution in [0, 0.1) is 5.41 Å². The Morgan fingerprint density at radius 1 is 0.772 bits per heavy atom. The highest BCUT2D eigenvalue weighted by molar-refractivity contribution is 8.10. The number of nitrogens with zero attached hydrogens (tertiary/aromatic N) is 7. The van der Waals surface area contributed by atoms with E-state index in [9.17, 15) is 0 Å². The minimum Gasteiger partial charge on any atom is -0.357 e. The first-order valence-corrected chi connectivity index (χ1v) is 21.4. The number of likely N-dealkylation sites (N-methyl/N-ethyl adjacent to an activating group) is 2. The Labute approximate surface area is 351 Å². The highest BCUT2D eigenvalue weighted by Crippen LogP contribution is 2.08. The van der Waals surface area contributed by atoms with Crippen molar-refractivity contribution in [3.05, 3.63) is 96.3 Å². The number of carbonyl (C=O) groups excluding carboxylic acids is 1. The fraction of sp³-hybridized carbons (Fsp3) is 0.556. The maximum absolute atomic E-state index is 8.81. The third-order valence-corrected chi connectivity index (χ3v) is 9.32. The van der Waals surface area contributed by atoms with Crippen molar-refractivity contribution in [2.24, 2.45) is 17.0 Å². The van der Waals surface area contributed by atoms with Crippen LogP contribution in [-0.2, 0) is 23.0 Å². The molecule has 11 nitrogen and oxygen atoms in total. The molecule has 12 heteroatoms. The zero-order valence-corrected chi connectivity index (χ0v) is 37.1. The van der Waals surface area contributed by atoms with Gasteiger partial charge >= 0.3 is 0 Å². The fourth-order valence-corrected chi connectivity index (χ4v) is 5.83. The third kappa shape index (κ3) is 35.4. The molecule has 0 radical (unpaired) electrons.